The average Bonchev–Trinajstić information content (AvgIpc) is 2.30. The number of halogens is 1. The van der Waals surface area contributed by atoms with Crippen LogP contribution in [0.5, 0.6) is 0 Å². The number of anilines is 1. The highest BCUT2D eigenvalue weighted by molar-refractivity contribution is 5.95. The monoisotopic (exact) mass is 240 g/mol. The maximum absolute atomic E-state index is 13.4. The number of rotatable bonds is 4. The van der Waals surface area contributed by atoms with E-state index in [4.69, 9.17) is 5.11 Å². The molecule has 0 saturated carbocycles. The molecule has 0 fully saturated rings. The second-order valence-electron chi connectivity index (χ2n) is 3.50. The quantitative estimate of drug-likeness (QED) is 0.735. The first kappa shape index (κ1) is 13.1. The summed E-state index contributed by atoms with van der Waals surface area (Å²) >= 11 is 0. The highest BCUT2D eigenvalue weighted by atomic mass is 19.1. The molecule has 0 aliphatic carbocycles. The van der Waals surface area contributed by atoms with Gasteiger partial charge >= 0.3 is 5.97 Å². The highest BCUT2D eigenvalue weighted by Gasteiger charge is 2.14. The largest absolute Gasteiger partial charge is 0.478 e. The number of carboxylic acids is 1. The maximum atomic E-state index is 13.4. The molecule has 1 unspecified atom stereocenters. The van der Waals surface area contributed by atoms with Crippen LogP contribution in [0.15, 0.2) is 18.2 Å². The topological polar surface area (TPSA) is 78.4 Å². The number of nitrogens with one attached hydrogen (secondary N) is 2. The summed E-state index contributed by atoms with van der Waals surface area (Å²) in [7, 11) is 1.61. The Hall–Kier alpha value is -1.95. The molecule has 0 bridgehead atoms. The number of hydrogen-bond acceptors (Lipinski definition) is 3. The first-order chi connectivity index (χ1) is 7.95. The minimum atomic E-state index is -1.22. The van der Waals surface area contributed by atoms with Crippen molar-refractivity contribution in [1.29, 1.82) is 0 Å². The van der Waals surface area contributed by atoms with E-state index in [0.717, 1.165) is 6.07 Å². The summed E-state index contributed by atoms with van der Waals surface area (Å²) in [6.45, 7) is 1.62. The van der Waals surface area contributed by atoms with E-state index >= 15 is 0 Å². The van der Waals surface area contributed by atoms with Gasteiger partial charge in [0.15, 0.2) is 0 Å². The van der Waals surface area contributed by atoms with Crippen molar-refractivity contribution in [3.63, 3.8) is 0 Å². The molecule has 3 N–H and O–H groups in total. The van der Waals surface area contributed by atoms with Gasteiger partial charge in [0.2, 0.25) is 5.91 Å². The summed E-state index contributed by atoms with van der Waals surface area (Å²) in [5.41, 5.74) is -0.204. The molecule has 0 saturated heterocycles. The lowest BCUT2D eigenvalue weighted by Crippen LogP contribution is -2.35. The molecule has 0 spiro atoms. The van der Waals surface area contributed by atoms with Crippen LogP contribution in [-0.4, -0.2) is 30.1 Å². The summed E-state index contributed by atoms with van der Waals surface area (Å²) in [6.07, 6.45) is 0. The number of aromatic carboxylic acids is 1. The van der Waals surface area contributed by atoms with Crippen LogP contribution in [-0.2, 0) is 4.79 Å². The van der Waals surface area contributed by atoms with Crippen LogP contribution in [0.25, 0.3) is 0 Å². The molecule has 1 amide bonds. The van der Waals surface area contributed by atoms with Gasteiger partial charge in [-0.15, -0.1) is 0 Å². The van der Waals surface area contributed by atoms with Gasteiger partial charge in [-0.1, -0.05) is 0 Å². The normalized spacial score (nSPS) is 11.9. The number of amides is 1. The zero-order valence-corrected chi connectivity index (χ0v) is 9.45. The van der Waals surface area contributed by atoms with Gasteiger partial charge in [-0.3, -0.25) is 4.79 Å². The fourth-order valence-corrected chi connectivity index (χ4v) is 1.12. The molecular weight excluding hydrogens is 227 g/mol. The summed E-state index contributed by atoms with van der Waals surface area (Å²) in [4.78, 5) is 22.0. The molecule has 6 heteroatoms. The van der Waals surface area contributed by atoms with Crippen LogP contribution >= 0.6 is 0 Å². The van der Waals surface area contributed by atoms with Crippen molar-refractivity contribution < 1.29 is 19.1 Å². The Morgan fingerprint density at radius 2 is 2.06 bits per heavy atom. The molecule has 17 heavy (non-hydrogen) atoms. The Bertz CT molecular complexity index is 448. The zero-order chi connectivity index (χ0) is 13.0. The van der Waals surface area contributed by atoms with E-state index in [1.54, 1.807) is 14.0 Å². The van der Waals surface area contributed by atoms with E-state index in [-0.39, 0.29) is 11.3 Å². The zero-order valence-electron chi connectivity index (χ0n) is 9.45. The fraction of sp³-hybridized carbons (Fsp3) is 0.273. The van der Waals surface area contributed by atoms with Crippen molar-refractivity contribution in [3.8, 4) is 0 Å². The molecule has 0 aliphatic heterocycles. The maximum Gasteiger partial charge on any atom is 0.335 e. The van der Waals surface area contributed by atoms with E-state index in [0.29, 0.717) is 0 Å². The van der Waals surface area contributed by atoms with Crippen LogP contribution < -0.4 is 10.6 Å². The Morgan fingerprint density at radius 3 is 2.53 bits per heavy atom. The Balaban J connectivity index is 2.86. The van der Waals surface area contributed by atoms with Crippen LogP contribution in [0, 0.1) is 5.82 Å². The van der Waals surface area contributed by atoms with E-state index in [1.165, 1.54) is 12.1 Å². The number of likely N-dealkylation sites (N-methyl/N-ethyl adjacent to an activating group) is 1. The van der Waals surface area contributed by atoms with Gasteiger partial charge in [0.05, 0.1) is 17.3 Å². The lowest BCUT2D eigenvalue weighted by atomic mass is 10.2. The molecule has 1 rings (SSSR count). The summed E-state index contributed by atoms with van der Waals surface area (Å²) in [5.74, 6) is -2.39. The van der Waals surface area contributed by atoms with Gasteiger partial charge in [-0.2, -0.15) is 0 Å². The third-order valence-electron chi connectivity index (χ3n) is 2.30. The van der Waals surface area contributed by atoms with Crippen molar-refractivity contribution >= 4 is 17.6 Å². The Morgan fingerprint density at radius 1 is 1.41 bits per heavy atom. The molecular formula is C11H13FN2O3. The summed E-state index contributed by atoms with van der Waals surface area (Å²) in [6, 6.07) is 2.85. The lowest BCUT2D eigenvalue weighted by Gasteiger charge is -2.11. The third-order valence-corrected chi connectivity index (χ3v) is 2.30. The molecule has 1 aromatic carbocycles. The van der Waals surface area contributed by atoms with Crippen LogP contribution in [0.3, 0.4) is 0 Å². The van der Waals surface area contributed by atoms with Crippen molar-refractivity contribution in [3.05, 3.63) is 29.6 Å². The van der Waals surface area contributed by atoms with Gasteiger partial charge in [0.25, 0.3) is 0 Å². The van der Waals surface area contributed by atoms with Gasteiger partial charge in [-0.05, 0) is 32.2 Å². The molecule has 1 atom stereocenters. The minimum absolute atomic E-state index is 0.0397. The second-order valence-corrected chi connectivity index (χ2v) is 3.50. The number of carbonyl (C=O) groups excluding carboxylic acids is 1. The van der Waals surface area contributed by atoms with Gasteiger partial charge in [-0.25, -0.2) is 9.18 Å². The highest BCUT2D eigenvalue weighted by Crippen LogP contribution is 2.16. The SMILES string of the molecule is CNC(C)C(=O)Nc1ccc(C(=O)O)cc1F. The van der Waals surface area contributed by atoms with Gasteiger partial charge in [0.1, 0.15) is 5.82 Å². The van der Waals surface area contributed by atoms with Crippen LogP contribution in [0.2, 0.25) is 0 Å². The number of carboxylic acid groups (broad SMARTS) is 1. The first-order valence-electron chi connectivity index (χ1n) is 4.96. The molecule has 0 aromatic heterocycles. The van der Waals surface area contributed by atoms with Crippen LogP contribution in [0.4, 0.5) is 10.1 Å². The Labute approximate surface area is 97.6 Å². The molecule has 92 valence electrons. The molecule has 1 aromatic rings. The minimum Gasteiger partial charge on any atom is -0.478 e. The second kappa shape index (κ2) is 5.40. The van der Waals surface area contributed by atoms with Gasteiger partial charge < -0.3 is 15.7 Å². The fourth-order valence-electron chi connectivity index (χ4n) is 1.12. The lowest BCUT2D eigenvalue weighted by molar-refractivity contribution is -0.117. The predicted molar refractivity (Wildman–Crippen MR) is 60.5 cm³/mol. The van der Waals surface area contributed by atoms with E-state index in [1.807, 2.05) is 0 Å². The molecule has 5 nitrogen and oxygen atoms in total. The number of benzene rings is 1. The molecule has 0 aliphatic rings. The summed E-state index contributed by atoms with van der Waals surface area (Å²) in [5, 5.41) is 13.7. The first-order valence-corrected chi connectivity index (χ1v) is 4.96. The third kappa shape index (κ3) is 3.25. The average molecular weight is 240 g/mol. The van der Waals surface area contributed by atoms with Crippen LogP contribution in [0.1, 0.15) is 17.3 Å². The van der Waals surface area contributed by atoms with E-state index in [9.17, 15) is 14.0 Å². The summed E-state index contributed by atoms with van der Waals surface area (Å²) < 4.78 is 13.4. The number of carbonyl (C=O) groups is 2. The van der Waals surface area contributed by atoms with Gasteiger partial charge in [0, 0.05) is 0 Å². The van der Waals surface area contributed by atoms with Crippen molar-refractivity contribution in [2.75, 3.05) is 12.4 Å². The standard InChI is InChI=1S/C11H13FN2O3/c1-6(13-2)10(15)14-9-4-3-7(11(16)17)5-8(9)12/h3-6,13H,1-2H3,(H,14,15)(H,16,17). The van der Waals surface area contributed by atoms with Crippen molar-refractivity contribution in [2.24, 2.45) is 0 Å². The smallest absolute Gasteiger partial charge is 0.335 e. The predicted octanol–water partition coefficient (Wildman–Crippen LogP) is 1.07. The van der Waals surface area contributed by atoms with Crippen molar-refractivity contribution in [1.82, 2.24) is 5.32 Å². The Kier molecular flexibility index (Phi) is 4.17. The molecule has 0 radical (unpaired) electrons. The van der Waals surface area contributed by atoms with E-state index in [2.05, 4.69) is 10.6 Å². The van der Waals surface area contributed by atoms with Crippen molar-refractivity contribution in [2.45, 2.75) is 13.0 Å². The van der Waals surface area contributed by atoms with E-state index < -0.39 is 23.7 Å². The molecule has 0 heterocycles. The number of hydrogen-bond donors (Lipinski definition) is 3.